The topological polar surface area (TPSA) is 0 Å². The van der Waals surface area contributed by atoms with Crippen LogP contribution in [0, 0.1) is 13.8 Å². The molecule has 4 aromatic carbocycles. The Labute approximate surface area is 189 Å². The minimum Gasteiger partial charge on any atom is -0.122 e. The van der Waals surface area contributed by atoms with Crippen molar-refractivity contribution >= 4 is 23.2 Å². The van der Waals surface area contributed by atoms with Gasteiger partial charge in [-0.2, -0.15) is 0 Å². The highest BCUT2D eigenvalue weighted by atomic mass is 35.5. The molecule has 0 aliphatic carbocycles. The predicted molar refractivity (Wildman–Crippen MR) is 131 cm³/mol. The number of halogens is 2. The highest BCUT2D eigenvalue weighted by Gasteiger charge is 2.11. The fourth-order valence-corrected chi connectivity index (χ4v) is 4.10. The molecule has 0 saturated carbocycles. The van der Waals surface area contributed by atoms with Crippen molar-refractivity contribution in [3.63, 3.8) is 0 Å². The summed E-state index contributed by atoms with van der Waals surface area (Å²) in [7, 11) is 0. The molecule has 0 N–H and O–H groups in total. The molecular weight excluding hydrogens is 407 g/mol. The molecule has 0 spiro atoms. The number of benzene rings is 4. The van der Waals surface area contributed by atoms with Gasteiger partial charge >= 0.3 is 0 Å². The summed E-state index contributed by atoms with van der Waals surface area (Å²) in [5.74, 6) is 0.949. The molecule has 0 nitrogen and oxygen atoms in total. The van der Waals surface area contributed by atoms with Gasteiger partial charge in [0.1, 0.15) is 0 Å². The highest BCUT2D eigenvalue weighted by molar-refractivity contribution is 6.18. The van der Waals surface area contributed by atoms with E-state index in [1.54, 1.807) is 0 Å². The Bertz CT molecular complexity index is 1090. The molecule has 0 aliphatic heterocycles. The van der Waals surface area contributed by atoms with Crippen molar-refractivity contribution in [2.45, 2.75) is 25.6 Å². The van der Waals surface area contributed by atoms with E-state index in [1.807, 2.05) is 0 Å². The number of rotatable bonds is 5. The molecule has 0 aromatic heterocycles. The molecule has 150 valence electrons. The van der Waals surface area contributed by atoms with Gasteiger partial charge in [0.2, 0.25) is 0 Å². The molecule has 0 radical (unpaired) electrons. The van der Waals surface area contributed by atoms with Crippen LogP contribution in [-0.4, -0.2) is 0 Å². The molecule has 2 heteroatoms. The van der Waals surface area contributed by atoms with Crippen LogP contribution in [0.5, 0.6) is 0 Å². The van der Waals surface area contributed by atoms with Gasteiger partial charge < -0.3 is 0 Å². The van der Waals surface area contributed by atoms with Gasteiger partial charge in [-0.25, -0.2) is 0 Å². The van der Waals surface area contributed by atoms with Crippen LogP contribution in [0.25, 0.3) is 33.4 Å². The third-order valence-corrected chi connectivity index (χ3v) is 6.08. The summed E-state index contributed by atoms with van der Waals surface area (Å²) < 4.78 is 0. The van der Waals surface area contributed by atoms with Crippen LogP contribution < -0.4 is 0 Å². The van der Waals surface area contributed by atoms with E-state index < -0.39 is 0 Å². The smallest absolute Gasteiger partial charge is 0.0480 e. The Hall–Kier alpha value is -2.54. The van der Waals surface area contributed by atoms with Crippen molar-refractivity contribution in [3.05, 3.63) is 107 Å². The molecule has 0 amide bonds. The standard InChI is InChI=1S/C28H24Cl2/c1-19-3-8-22(9-4-19)25-14-26(23-10-5-20(2)6-11-23)16-27(15-25)28-13-21(17-29)7-12-24(28)18-30/h3-16H,17-18H2,1-2H3. The molecule has 0 bridgehead atoms. The molecule has 30 heavy (non-hydrogen) atoms. The largest absolute Gasteiger partial charge is 0.122 e. The van der Waals surface area contributed by atoms with E-state index >= 15 is 0 Å². The molecule has 0 saturated heterocycles. The van der Waals surface area contributed by atoms with Gasteiger partial charge in [0.25, 0.3) is 0 Å². The lowest BCUT2D eigenvalue weighted by molar-refractivity contribution is 1.33. The lowest BCUT2D eigenvalue weighted by Gasteiger charge is -2.14. The second-order valence-corrected chi connectivity index (χ2v) is 8.32. The first-order valence-electron chi connectivity index (χ1n) is 10.1. The Morgan fingerprint density at radius 2 is 1.00 bits per heavy atom. The van der Waals surface area contributed by atoms with E-state index in [1.165, 1.54) is 33.4 Å². The predicted octanol–water partition coefficient (Wildman–Crippen LogP) is 8.78. The van der Waals surface area contributed by atoms with Crippen LogP contribution >= 0.6 is 23.2 Å². The average molecular weight is 431 g/mol. The molecule has 0 heterocycles. The SMILES string of the molecule is Cc1ccc(-c2cc(-c3ccc(C)cc3)cc(-c3cc(CCl)ccc3CCl)c2)cc1. The van der Waals surface area contributed by atoms with Crippen LogP contribution in [0.3, 0.4) is 0 Å². The van der Waals surface area contributed by atoms with Gasteiger partial charge in [-0.3, -0.25) is 0 Å². The maximum atomic E-state index is 6.29. The van der Waals surface area contributed by atoms with Crippen molar-refractivity contribution in [2.75, 3.05) is 0 Å². The zero-order valence-electron chi connectivity index (χ0n) is 17.3. The Morgan fingerprint density at radius 1 is 0.500 bits per heavy atom. The van der Waals surface area contributed by atoms with Gasteiger partial charge in [-0.1, -0.05) is 71.8 Å². The second kappa shape index (κ2) is 9.08. The van der Waals surface area contributed by atoms with Gasteiger partial charge in [-0.15, -0.1) is 23.2 Å². The zero-order valence-corrected chi connectivity index (χ0v) is 18.8. The fourth-order valence-electron chi connectivity index (χ4n) is 3.70. The lowest BCUT2D eigenvalue weighted by Crippen LogP contribution is -1.92. The summed E-state index contributed by atoms with van der Waals surface area (Å²) in [5, 5.41) is 0. The van der Waals surface area contributed by atoms with E-state index in [0.717, 1.165) is 22.3 Å². The third-order valence-electron chi connectivity index (χ3n) is 5.49. The van der Waals surface area contributed by atoms with Crippen LogP contribution in [0.4, 0.5) is 0 Å². The maximum absolute atomic E-state index is 6.29. The average Bonchev–Trinajstić information content (AvgIpc) is 2.79. The van der Waals surface area contributed by atoms with Gasteiger partial charge in [0, 0.05) is 11.8 Å². The first kappa shape index (κ1) is 20.7. The normalized spacial score (nSPS) is 10.9. The van der Waals surface area contributed by atoms with E-state index in [0.29, 0.717) is 11.8 Å². The van der Waals surface area contributed by atoms with Crippen molar-refractivity contribution < 1.29 is 0 Å². The summed E-state index contributed by atoms with van der Waals surface area (Å²) in [4.78, 5) is 0. The van der Waals surface area contributed by atoms with Crippen LogP contribution in [0.2, 0.25) is 0 Å². The highest BCUT2D eigenvalue weighted by Crippen LogP contribution is 2.35. The Balaban J connectivity index is 1.94. The monoisotopic (exact) mass is 430 g/mol. The summed E-state index contributed by atoms with van der Waals surface area (Å²) >= 11 is 12.4. The number of aryl methyl sites for hydroxylation is 2. The van der Waals surface area contributed by atoms with Crippen LogP contribution in [-0.2, 0) is 11.8 Å². The molecule has 0 unspecified atom stereocenters. The second-order valence-electron chi connectivity index (χ2n) is 7.79. The molecule has 0 fully saturated rings. The maximum Gasteiger partial charge on any atom is 0.0480 e. The first-order chi connectivity index (χ1) is 14.6. The fraction of sp³-hybridized carbons (Fsp3) is 0.143. The van der Waals surface area contributed by atoms with Gasteiger partial charge in [0.05, 0.1) is 0 Å². The molecule has 4 rings (SSSR count). The van der Waals surface area contributed by atoms with Crippen molar-refractivity contribution in [2.24, 2.45) is 0 Å². The number of hydrogen-bond donors (Lipinski definition) is 0. The molecule has 0 aliphatic rings. The Kier molecular flexibility index (Phi) is 6.27. The van der Waals surface area contributed by atoms with E-state index in [-0.39, 0.29) is 0 Å². The quantitative estimate of drug-likeness (QED) is 0.277. The van der Waals surface area contributed by atoms with Crippen molar-refractivity contribution in [1.82, 2.24) is 0 Å². The first-order valence-corrected chi connectivity index (χ1v) is 11.2. The number of hydrogen-bond acceptors (Lipinski definition) is 0. The van der Waals surface area contributed by atoms with E-state index in [2.05, 4.69) is 98.8 Å². The zero-order chi connectivity index (χ0) is 21.1. The Morgan fingerprint density at radius 3 is 1.47 bits per heavy atom. The van der Waals surface area contributed by atoms with Crippen molar-refractivity contribution in [3.8, 4) is 33.4 Å². The molecule has 0 atom stereocenters. The summed E-state index contributed by atoms with van der Waals surface area (Å²) in [6, 6.07) is 30.5. The van der Waals surface area contributed by atoms with Gasteiger partial charge in [0.15, 0.2) is 0 Å². The minimum atomic E-state index is 0.465. The number of alkyl halides is 2. The third kappa shape index (κ3) is 4.46. The minimum absolute atomic E-state index is 0.465. The van der Waals surface area contributed by atoms with Crippen LogP contribution in [0.15, 0.2) is 84.9 Å². The van der Waals surface area contributed by atoms with E-state index in [9.17, 15) is 0 Å². The van der Waals surface area contributed by atoms with Crippen LogP contribution in [0.1, 0.15) is 22.3 Å². The summed E-state index contributed by atoms with van der Waals surface area (Å²) in [6.07, 6.45) is 0. The molecule has 4 aromatic rings. The van der Waals surface area contributed by atoms with Crippen molar-refractivity contribution in [1.29, 1.82) is 0 Å². The summed E-state index contributed by atoms with van der Waals surface area (Å²) in [5.41, 5.74) is 11.8. The molecular formula is C28H24Cl2. The lowest BCUT2D eigenvalue weighted by atomic mass is 9.91. The summed E-state index contributed by atoms with van der Waals surface area (Å²) in [6.45, 7) is 4.23. The van der Waals surface area contributed by atoms with E-state index in [4.69, 9.17) is 23.2 Å². The van der Waals surface area contributed by atoms with Gasteiger partial charge in [-0.05, 0) is 82.6 Å².